The molecule has 110 valence electrons. The summed E-state index contributed by atoms with van der Waals surface area (Å²) in [5.41, 5.74) is 8.03. The summed E-state index contributed by atoms with van der Waals surface area (Å²) in [6, 6.07) is 11.1. The van der Waals surface area contributed by atoms with E-state index in [9.17, 15) is 4.79 Å². The number of ether oxygens (including phenoxy) is 1. The molecule has 5 nitrogen and oxygen atoms in total. The topological polar surface area (TPSA) is 68.5 Å². The zero-order valence-corrected chi connectivity index (χ0v) is 12.4. The lowest BCUT2D eigenvalue weighted by atomic mass is 10.1. The number of rotatable bonds is 4. The van der Waals surface area contributed by atoms with Gasteiger partial charge in [0.15, 0.2) is 0 Å². The summed E-state index contributed by atoms with van der Waals surface area (Å²) in [5.74, 6) is 0.184. The highest BCUT2D eigenvalue weighted by Crippen LogP contribution is 2.27. The molecule has 0 aliphatic rings. The van der Waals surface area contributed by atoms with Gasteiger partial charge in [-0.15, -0.1) is 0 Å². The van der Waals surface area contributed by atoms with Crippen LogP contribution >= 0.6 is 0 Å². The first-order valence-corrected chi connectivity index (χ1v) is 6.66. The first kappa shape index (κ1) is 14.8. The molecule has 21 heavy (non-hydrogen) atoms. The van der Waals surface area contributed by atoms with Crippen molar-refractivity contribution >= 4 is 17.5 Å². The van der Waals surface area contributed by atoms with E-state index in [1.165, 1.54) is 7.11 Å². The lowest BCUT2D eigenvalue weighted by molar-refractivity contribution is 0.0601. The summed E-state index contributed by atoms with van der Waals surface area (Å²) in [6.07, 6.45) is 1.66. The predicted molar refractivity (Wildman–Crippen MR) is 83.2 cm³/mol. The van der Waals surface area contributed by atoms with Crippen LogP contribution in [0.4, 0.5) is 11.5 Å². The Bertz CT molecular complexity index is 643. The fourth-order valence-corrected chi connectivity index (χ4v) is 2.17. The monoisotopic (exact) mass is 285 g/mol. The van der Waals surface area contributed by atoms with E-state index in [0.29, 0.717) is 17.1 Å². The number of nitrogen functional groups attached to an aromatic ring is 1. The third kappa shape index (κ3) is 3.13. The fraction of sp³-hybridized carbons (Fsp3) is 0.250. The van der Waals surface area contributed by atoms with Crippen molar-refractivity contribution in [3.05, 3.63) is 53.7 Å². The van der Waals surface area contributed by atoms with E-state index < -0.39 is 5.97 Å². The van der Waals surface area contributed by atoms with Gasteiger partial charge in [0, 0.05) is 18.9 Å². The lowest BCUT2D eigenvalue weighted by Gasteiger charge is -2.27. The molecule has 5 heteroatoms. The summed E-state index contributed by atoms with van der Waals surface area (Å²) in [4.78, 5) is 18.1. The standard InChI is InChI=1S/C16H19N3O2/c1-11(12-6-4-7-13(17)10-12)19(2)15-14(16(20)21-3)8-5-9-18-15/h4-11H,17H2,1-3H3. The van der Waals surface area contributed by atoms with Crippen LogP contribution in [0, 0.1) is 0 Å². The number of methoxy groups -OCH3 is 1. The Balaban J connectivity index is 2.36. The molecular weight excluding hydrogens is 266 g/mol. The maximum atomic E-state index is 11.8. The SMILES string of the molecule is COC(=O)c1cccnc1N(C)C(C)c1cccc(N)c1. The number of carbonyl (C=O) groups excluding carboxylic acids is 1. The number of anilines is 2. The molecule has 1 unspecified atom stereocenters. The van der Waals surface area contributed by atoms with Crippen molar-refractivity contribution in [1.82, 2.24) is 4.98 Å². The Morgan fingerprint density at radius 2 is 2.10 bits per heavy atom. The Kier molecular flexibility index (Phi) is 4.42. The largest absolute Gasteiger partial charge is 0.465 e. The van der Waals surface area contributed by atoms with E-state index in [0.717, 1.165) is 5.56 Å². The molecule has 1 aromatic heterocycles. The second kappa shape index (κ2) is 6.26. The van der Waals surface area contributed by atoms with Crippen molar-refractivity contribution < 1.29 is 9.53 Å². The average molecular weight is 285 g/mol. The minimum atomic E-state index is -0.398. The molecule has 1 aromatic carbocycles. The Hall–Kier alpha value is -2.56. The van der Waals surface area contributed by atoms with Crippen molar-refractivity contribution in [1.29, 1.82) is 0 Å². The molecule has 0 bridgehead atoms. The highest BCUT2D eigenvalue weighted by molar-refractivity contribution is 5.94. The second-order valence-electron chi connectivity index (χ2n) is 4.82. The number of hydrogen-bond donors (Lipinski definition) is 1. The second-order valence-corrected chi connectivity index (χ2v) is 4.82. The van der Waals surface area contributed by atoms with Crippen LogP contribution < -0.4 is 10.6 Å². The van der Waals surface area contributed by atoms with Crippen LogP contribution in [0.15, 0.2) is 42.6 Å². The quantitative estimate of drug-likeness (QED) is 0.691. The molecule has 1 atom stereocenters. The molecule has 0 aliphatic carbocycles. The van der Waals surface area contributed by atoms with Crippen LogP contribution in [-0.4, -0.2) is 25.1 Å². The van der Waals surface area contributed by atoms with Crippen LogP contribution in [0.2, 0.25) is 0 Å². The summed E-state index contributed by atoms with van der Waals surface area (Å²) in [7, 11) is 3.25. The number of benzene rings is 1. The average Bonchev–Trinajstić information content (AvgIpc) is 2.52. The summed E-state index contributed by atoms with van der Waals surface area (Å²) in [6.45, 7) is 2.03. The minimum absolute atomic E-state index is 0.0202. The van der Waals surface area contributed by atoms with Gasteiger partial charge in [-0.1, -0.05) is 12.1 Å². The number of esters is 1. The van der Waals surface area contributed by atoms with Crippen LogP contribution in [0.25, 0.3) is 0 Å². The highest BCUT2D eigenvalue weighted by Gasteiger charge is 2.20. The van der Waals surface area contributed by atoms with Crippen molar-refractivity contribution in [3.8, 4) is 0 Å². The number of nitrogens with two attached hydrogens (primary N) is 1. The van der Waals surface area contributed by atoms with E-state index in [1.54, 1.807) is 18.3 Å². The smallest absolute Gasteiger partial charge is 0.341 e. The molecule has 2 N–H and O–H groups in total. The van der Waals surface area contributed by atoms with Crippen LogP contribution in [0.3, 0.4) is 0 Å². The third-order valence-corrected chi connectivity index (χ3v) is 3.50. The van der Waals surface area contributed by atoms with Crippen LogP contribution in [0.1, 0.15) is 28.9 Å². The van der Waals surface area contributed by atoms with E-state index in [4.69, 9.17) is 10.5 Å². The molecule has 0 amide bonds. The minimum Gasteiger partial charge on any atom is -0.465 e. The van der Waals surface area contributed by atoms with Crippen LogP contribution in [0.5, 0.6) is 0 Å². The number of pyridine rings is 1. The third-order valence-electron chi connectivity index (χ3n) is 3.50. The van der Waals surface area contributed by atoms with Crippen molar-refractivity contribution in [3.63, 3.8) is 0 Å². The summed E-state index contributed by atoms with van der Waals surface area (Å²) in [5, 5.41) is 0. The molecule has 0 spiro atoms. The van der Waals surface area contributed by atoms with Crippen molar-refractivity contribution in [2.45, 2.75) is 13.0 Å². The molecular formula is C16H19N3O2. The summed E-state index contributed by atoms with van der Waals surface area (Å²) < 4.78 is 4.81. The molecule has 0 radical (unpaired) electrons. The molecule has 0 aliphatic heterocycles. The van der Waals surface area contributed by atoms with Gasteiger partial charge in [-0.2, -0.15) is 0 Å². The number of hydrogen-bond acceptors (Lipinski definition) is 5. The highest BCUT2D eigenvalue weighted by atomic mass is 16.5. The molecule has 2 aromatic rings. The molecule has 2 rings (SSSR count). The first-order chi connectivity index (χ1) is 10.0. The van der Waals surface area contributed by atoms with E-state index in [2.05, 4.69) is 4.98 Å². The van der Waals surface area contributed by atoms with Gasteiger partial charge in [-0.25, -0.2) is 9.78 Å². The number of carbonyl (C=O) groups is 1. The van der Waals surface area contributed by atoms with Crippen molar-refractivity contribution in [2.24, 2.45) is 0 Å². The first-order valence-electron chi connectivity index (χ1n) is 6.66. The molecule has 0 saturated heterocycles. The maximum absolute atomic E-state index is 11.8. The zero-order valence-electron chi connectivity index (χ0n) is 12.4. The Morgan fingerprint density at radius 1 is 1.33 bits per heavy atom. The van der Waals surface area contributed by atoms with Gasteiger partial charge in [0.25, 0.3) is 0 Å². The van der Waals surface area contributed by atoms with E-state index in [-0.39, 0.29) is 6.04 Å². The number of nitrogens with zero attached hydrogens (tertiary/aromatic N) is 2. The van der Waals surface area contributed by atoms with Crippen molar-refractivity contribution in [2.75, 3.05) is 24.8 Å². The summed E-state index contributed by atoms with van der Waals surface area (Å²) >= 11 is 0. The predicted octanol–water partition coefficient (Wildman–Crippen LogP) is 2.65. The molecule has 0 fully saturated rings. The van der Waals surface area contributed by atoms with Gasteiger partial charge < -0.3 is 15.4 Å². The number of aromatic nitrogens is 1. The van der Waals surface area contributed by atoms with Gasteiger partial charge >= 0.3 is 5.97 Å². The van der Waals surface area contributed by atoms with Gasteiger partial charge in [0.05, 0.1) is 13.2 Å². The zero-order chi connectivity index (χ0) is 15.4. The van der Waals surface area contributed by atoms with Gasteiger partial charge in [-0.3, -0.25) is 0 Å². The van der Waals surface area contributed by atoms with Gasteiger partial charge in [0.2, 0.25) is 0 Å². The Labute approximate surface area is 124 Å². The van der Waals surface area contributed by atoms with E-state index >= 15 is 0 Å². The normalized spacial score (nSPS) is 11.8. The maximum Gasteiger partial charge on any atom is 0.341 e. The molecule has 1 heterocycles. The molecule has 0 saturated carbocycles. The van der Waals surface area contributed by atoms with E-state index in [1.807, 2.05) is 43.1 Å². The van der Waals surface area contributed by atoms with Gasteiger partial charge in [-0.05, 0) is 36.8 Å². The fourth-order valence-electron chi connectivity index (χ4n) is 2.17. The Morgan fingerprint density at radius 3 is 2.76 bits per heavy atom. The van der Waals surface area contributed by atoms with Crippen LogP contribution in [-0.2, 0) is 4.74 Å². The van der Waals surface area contributed by atoms with Gasteiger partial charge in [0.1, 0.15) is 11.4 Å². The lowest BCUT2D eigenvalue weighted by Crippen LogP contribution is -2.25.